The molecule has 10 heteroatoms. The van der Waals surface area contributed by atoms with E-state index in [9.17, 15) is 31.5 Å². The summed E-state index contributed by atoms with van der Waals surface area (Å²) in [5, 5.41) is 12.2. The average Bonchev–Trinajstić information content (AvgIpc) is 2.77. The topological polar surface area (TPSA) is 86.7 Å². The Bertz CT molecular complexity index is 737. The zero-order chi connectivity index (χ0) is 18.8. The summed E-state index contributed by atoms with van der Waals surface area (Å²) in [6.07, 6.45) is -5.61. The van der Waals surface area contributed by atoms with Gasteiger partial charge in [-0.05, 0) is 24.7 Å². The molecule has 0 radical (unpaired) electrons. The minimum Gasteiger partial charge on any atom is -0.390 e. The van der Waals surface area contributed by atoms with E-state index >= 15 is 0 Å². The van der Waals surface area contributed by atoms with E-state index < -0.39 is 39.6 Å². The van der Waals surface area contributed by atoms with Crippen LogP contribution < -0.4 is 5.32 Å². The number of benzene rings is 1. The minimum absolute atomic E-state index is 0.00419. The van der Waals surface area contributed by atoms with E-state index in [2.05, 4.69) is 5.32 Å². The summed E-state index contributed by atoms with van der Waals surface area (Å²) in [5.41, 5.74) is -0.884. The molecule has 1 aliphatic rings. The van der Waals surface area contributed by atoms with Gasteiger partial charge in [-0.25, -0.2) is 8.42 Å². The number of amides is 1. The van der Waals surface area contributed by atoms with Gasteiger partial charge in [0.1, 0.15) is 0 Å². The van der Waals surface area contributed by atoms with Crippen LogP contribution >= 0.6 is 0 Å². The molecule has 1 aliphatic heterocycles. The Kier molecular flexibility index (Phi) is 5.75. The third kappa shape index (κ3) is 5.16. The third-order valence-corrected chi connectivity index (χ3v) is 5.69. The number of carbonyl (C=O) groups is 1. The third-order valence-electron chi connectivity index (χ3n) is 3.99. The summed E-state index contributed by atoms with van der Waals surface area (Å²) in [7, 11) is -3.36. The van der Waals surface area contributed by atoms with Crippen LogP contribution in [-0.2, 0) is 20.8 Å². The number of aliphatic hydroxyl groups excluding tert-OH is 1. The molecular weight excluding hydrogens is 361 g/mol. The maximum Gasteiger partial charge on any atom is 0.416 e. The van der Waals surface area contributed by atoms with E-state index in [0.29, 0.717) is 6.54 Å². The second kappa shape index (κ2) is 7.30. The molecule has 25 heavy (non-hydrogen) atoms. The first-order chi connectivity index (χ1) is 11.5. The fourth-order valence-corrected chi connectivity index (χ4v) is 4.61. The molecule has 1 fully saturated rings. The molecule has 1 aromatic rings. The summed E-state index contributed by atoms with van der Waals surface area (Å²) >= 11 is 0. The molecule has 0 spiro atoms. The molecule has 2 rings (SSSR count). The van der Waals surface area contributed by atoms with Crippen molar-refractivity contribution >= 4 is 21.4 Å². The summed E-state index contributed by atoms with van der Waals surface area (Å²) in [5.74, 6) is -1.19. The Hall–Kier alpha value is -1.65. The molecule has 2 unspecified atom stereocenters. The van der Waals surface area contributed by atoms with Crippen molar-refractivity contribution in [2.24, 2.45) is 0 Å². The van der Waals surface area contributed by atoms with Gasteiger partial charge in [0.05, 0.1) is 35.8 Å². The summed E-state index contributed by atoms with van der Waals surface area (Å²) < 4.78 is 61.2. The molecule has 0 saturated carbocycles. The van der Waals surface area contributed by atoms with Crippen molar-refractivity contribution < 1.29 is 31.5 Å². The number of halogens is 3. The van der Waals surface area contributed by atoms with Gasteiger partial charge in [-0.15, -0.1) is 0 Å². The average molecular weight is 380 g/mol. The van der Waals surface area contributed by atoms with Gasteiger partial charge in [0, 0.05) is 5.69 Å². The molecule has 1 amide bonds. The van der Waals surface area contributed by atoms with Gasteiger partial charge in [-0.3, -0.25) is 9.69 Å². The first-order valence-corrected chi connectivity index (χ1v) is 9.43. The van der Waals surface area contributed by atoms with Crippen molar-refractivity contribution in [1.82, 2.24) is 4.90 Å². The number of sulfone groups is 1. The molecule has 1 saturated heterocycles. The quantitative estimate of drug-likeness (QED) is 0.800. The van der Waals surface area contributed by atoms with E-state index in [1.54, 1.807) is 6.92 Å². The van der Waals surface area contributed by atoms with E-state index in [4.69, 9.17) is 0 Å². The van der Waals surface area contributed by atoms with Crippen LogP contribution in [0.3, 0.4) is 0 Å². The van der Waals surface area contributed by atoms with Crippen molar-refractivity contribution in [1.29, 1.82) is 0 Å². The number of hydrogen-bond acceptors (Lipinski definition) is 5. The maximum absolute atomic E-state index is 12.7. The first kappa shape index (κ1) is 19.7. The van der Waals surface area contributed by atoms with Crippen LogP contribution in [0.4, 0.5) is 18.9 Å². The molecular formula is C15H19F3N2O4S. The van der Waals surface area contributed by atoms with Crippen molar-refractivity contribution in [3.63, 3.8) is 0 Å². The lowest BCUT2D eigenvalue weighted by molar-refractivity contribution is -0.137. The lowest BCUT2D eigenvalue weighted by Crippen LogP contribution is -2.46. The summed E-state index contributed by atoms with van der Waals surface area (Å²) in [6, 6.07) is 3.53. The number of rotatable bonds is 5. The van der Waals surface area contributed by atoms with Crippen LogP contribution in [0.2, 0.25) is 0 Å². The van der Waals surface area contributed by atoms with Crippen LogP contribution in [0.1, 0.15) is 12.5 Å². The largest absolute Gasteiger partial charge is 0.416 e. The normalized spacial score (nSPS) is 23.0. The number of hydrogen-bond donors (Lipinski definition) is 2. The van der Waals surface area contributed by atoms with Crippen LogP contribution in [0, 0.1) is 0 Å². The van der Waals surface area contributed by atoms with Gasteiger partial charge in [0.25, 0.3) is 0 Å². The van der Waals surface area contributed by atoms with Crippen molar-refractivity contribution in [3.8, 4) is 0 Å². The van der Waals surface area contributed by atoms with E-state index in [1.807, 2.05) is 0 Å². The van der Waals surface area contributed by atoms with E-state index in [1.165, 1.54) is 17.0 Å². The molecule has 2 atom stereocenters. The van der Waals surface area contributed by atoms with Crippen molar-refractivity contribution in [3.05, 3.63) is 29.8 Å². The van der Waals surface area contributed by atoms with Gasteiger partial charge >= 0.3 is 6.18 Å². The Balaban J connectivity index is 2.04. The predicted molar refractivity (Wildman–Crippen MR) is 85.8 cm³/mol. The maximum atomic E-state index is 12.7. The number of nitrogens with one attached hydrogen (secondary N) is 1. The molecule has 140 valence electrons. The molecule has 0 bridgehead atoms. The highest BCUT2D eigenvalue weighted by Crippen LogP contribution is 2.30. The number of carbonyl (C=O) groups excluding carboxylic acids is 1. The second-order valence-electron chi connectivity index (χ2n) is 5.90. The van der Waals surface area contributed by atoms with Crippen LogP contribution in [0.5, 0.6) is 0 Å². The first-order valence-electron chi connectivity index (χ1n) is 7.61. The van der Waals surface area contributed by atoms with E-state index in [-0.39, 0.29) is 23.7 Å². The number of anilines is 1. The highest BCUT2D eigenvalue weighted by Gasteiger charge is 2.40. The zero-order valence-corrected chi connectivity index (χ0v) is 14.3. The van der Waals surface area contributed by atoms with Crippen LogP contribution in [-0.4, -0.2) is 61.1 Å². The summed E-state index contributed by atoms with van der Waals surface area (Å²) in [4.78, 5) is 13.6. The lowest BCUT2D eigenvalue weighted by atomic mass is 10.1. The molecule has 0 aliphatic carbocycles. The highest BCUT2D eigenvalue weighted by atomic mass is 32.2. The Labute approximate surface area is 143 Å². The fourth-order valence-electron chi connectivity index (χ4n) is 2.78. The van der Waals surface area contributed by atoms with Crippen LogP contribution in [0.25, 0.3) is 0 Å². The SMILES string of the molecule is CCN(CC(=O)Nc1cccc(C(F)(F)F)c1)C1CS(=O)(=O)CC1O. The smallest absolute Gasteiger partial charge is 0.390 e. The van der Waals surface area contributed by atoms with E-state index in [0.717, 1.165) is 12.1 Å². The number of alkyl halides is 3. The zero-order valence-electron chi connectivity index (χ0n) is 13.5. The number of aliphatic hydroxyl groups is 1. The minimum atomic E-state index is -4.52. The molecule has 2 N–H and O–H groups in total. The van der Waals surface area contributed by atoms with Gasteiger partial charge in [0.2, 0.25) is 5.91 Å². The molecule has 6 nitrogen and oxygen atoms in total. The molecule has 1 heterocycles. The van der Waals surface area contributed by atoms with Gasteiger partial charge in [-0.2, -0.15) is 13.2 Å². The Morgan fingerprint density at radius 3 is 2.56 bits per heavy atom. The number of likely N-dealkylation sites (N-methyl/N-ethyl adjacent to an activating group) is 1. The molecule has 0 aromatic heterocycles. The van der Waals surface area contributed by atoms with Gasteiger partial charge in [0.15, 0.2) is 9.84 Å². The lowest BCUT2D eigenvalue weighted by Gasteiger charge is -2.28. The summed E-state index contributed by atoms with van der Waals surface area (Å²) in [6.45, 7) is 1.78. The Morgan fingerprint density at radius 1 is 1.36 bits per heavy atom. The monoisotopic (exact) mass is 380 g/mol. The standard InChI is InChI=1S/C15H19F3N2O4S/c1-2-20(12-8-25(23,24)9-13(12)21)7-14(22)19-11-5-3-4-10(6-11)15(16,17)18/h3-6,12-13,21H,2,7-9H2,1H3,(H,19,22). The molecule has 1 aromatic carbocycles. The highest BCUT2D eigenvalue weighted by molar-refractivity contribution is 7.91. The predicted octanol–water partition coefficient (Wildman–Crippen LogP) is 1.12. The fraction of sp³-hybridized carbons (Fsp3) is 0.533. The van der Waals surface area contributed by atoms with Crippen molar-refractivity contribution in [2.45, 2.75) is 25.2 Å². The van der Waals surface area contributed by atoms with Gasteiger partial charge < -0.3 is 10.4 Å². The number of nitrogens with zero attached hydrogens (tertiary/aromatic N) is 1. The Morgan fingerprint density at radius 2 is 2.04 bits per heavy atom. The van der Waals surface area contributed by atoms with Crippen molar-refractivity contribution in [2.75, 3.05) is 29.9 Å². The second-order valence-corrected chi connectivity index (χ2v) is 8.06. The van der Waals surface area contributed by atoms with Gasteiger partial charge in [-0.1, -0.05) is 13.0 Å². The van der Waals surface area contributed by atoms with Crippen LogP contribution in [0.15, 0.2) is 24.3 Å².